The first-order valence-corrected chi connectivity index (χ1v) is 20.8. The summed E-state index contributed by atoms with van der Waals surface area (Å²) < 4.78 is 19.8. The van der Waals surface area contributed by atoms with Crippen LogP contribution in [0.15, 0.2) is 42.5 Å². The molecule has 0 aromatic heterocycles. The largest absolute Gasteiger partial charge is 0.489 e. The van der Waals surface area contributed by atoms with Crippen molar-refractivity contribution in [2.24, 2.45) is 10.8 Å². The van der Waals surface area contributed by atoms with Crippen LogP contribution in [0.1, 0.15) is 109 Å². The molecule has 2 aromatic carbocycles. The number of rotatable bonds is 14. The summed E-state index contributed by atoms with van der Waals surface area (Å²) >= 11 is 0. The molecule has 2 aromatic rings. The summed E-state index contributed by atoms with van der Waals surface area (Å²) in [6.07, 6.45) is 3.88. The van der Waals surface area contributed by atoms with Gasteiger partial charge in [-0.15, -0.1) is 0 Å². The molecule has 0 aliphatic rings. The molecule has 0 aliphatic heterocycles. The third kappa shape index (κ3) is 11.8. The highest BCUT2D eigenvalue weighted by Gasteiger charge is 2.36. The lowest BCUT2D eigenvalue weighted by Gasteiger charge is -2.39. The van der Waals surface area contributed by atoms with Gasteiger partial charge in [0.1, 0.15) is 12.4 Å². The first-order valence-electron chi connectivity index (χ1n) is 15.2. The number of unbranched alkanes of at least 4 members (excludes halogenated alkanes) is 1. The van der Waals surface area contributed by atoms with Crippen LogP contribution in [0.2, 0.25) is 26.2 Å². The van der Waals surface area contributed by atoms with E-state index in [1.54, 1.807) is 0 Å². The van der Waals surface area contributed by atoms with Crippen LogP contribution in [0.4, 0.5) is 0 Å². The average molecular weight is 587 g/mol. The Morgan fingerprint density at radius 1 is 0.700 bits per heavy atom. The standard InChI is InChI=1S/C34H58O4Si2/c1-32(2,3)30(37-39(9)10)28-20-19-26(23-29(28)31(33(4,5)6)38-40(11)12)24-36-27-18-15-17-25(22-27)16-13-14-21-34(7,8)35/h15,17-20,22-23,30-31,35,39-40H,13-14,16,21,24H2,1-12H3. The summed E-state index contributed by atoms with van der Waals surface area (Å²) in [4.78, 5) is 0. The Hall–Kier alpha value is -1.45. The van der Waals surface area contributed by atoms with E-state index >= 15 is 0 Å². The molecule has 2 atom stereocenters. The molecule has 0 saturated carbocycles. The topological polar surface area (TPSA) is 47.9 Å². The zero-order valence-corrected chi connectivity index (χ0v) is 29.9. The Balaban J connectivity index is 2.35. The SMILES string of the molecule is C[SiH](C)OC(c1ccc(COc2cccc(CCCCC(C)(C)O)c2)cc1C(O[SiH](C)C)C(C)(C)C)C(C)(C)C. The first kappa shape index (κ1) is 34.8. The highest BCUT2D eigenvalue weighted by Crippen LogP contribution is 2.45. The molecule has 226 valence electrons. The lowest BCUT2D eigenvalue weighted by molar-refractivity contribution is 0.0655. The second-order valence-corrected chi connectivity index (χ2v) is 19.5. The summed E-state index contributed by atoms with van der Waals surface area (Å²) in [6.45, 7) is 26.9. The zero-order valence-electron chi connectivity index (χ0n) is 27.6. The molecule has 4 nitrogen and oxygen atoms in total. The van der Waals surface area contributed by atoms with Gasteiger partial charge >= 0.3 is 0 Å². The van der Waals surface area contributed by atoms with Gasteiger partial charge in [-0.05, 0) is 111 Å². The van der Waals surface area contributed by atoms with E-state index < -0.39 is 23.7 Å². The van der Waals surface area contributed by atoms with Crippen molar-refractivity contribution in [1.29, 1.82) is 0 Å². The van der Waals surface area contributed by atoms with E-state index in [0.29, 0.717) is 6.61 Å². The van der Waals surface area contributed by atoms with Crippen molar-refractivity contribution in [2.75, 3.05) is 0 Å². The maximum absolute atomic E-state index is 9.97. The summed E-state index contributed by atoms with van der Waals surface area (Å²) in [7, 11) is -2.59. The van der Waals surface area contributed by atoms with Crippen molar-refractivity contribution in [2.45, 2.75) is 132 Å². The minimum atomic E-state index is -1.31. The minimum absolute atomic E-state index is 0.0105. The van der Waals surface area contributed by atoms with Gasteiger partial charge in [-0.3, -0.25) is 0 Å². The lowest BCUT2D eigenvalue weighted by Crippen LogP contribution is -2.31. The van der Waals surface area contributed by atoms with Crippen LogP contribution in [-0.2, 0) is 21.9 Å². The summed E-state index contributed by atoms with van der Waals surface area (Å²) in [6, 6.07) is 15.2. The third-order valence-corrected chi connectivity index (χ3v) is 8.55. The summed E-state index contributed by atoms with van der Waals surface area (Å²) in [5.74, 6) is 0.894. The van der Waals surface area contributed by atoms with Crippen molar-refractivity contribution in [3.8, 4) is 5.75 Å². The second kappa shape index (κ2) is 14.6. The molecular formula is C34H58O4Si2. The molecule has 0 heterocycles. The van der Waals surface area contributed by atoms with Crippen molar-refractivity contribution < 1.29 is 18.7 Å². The molecule has 0 aliphatic carbocycles. The van der Waals surface area contributed by atoms with E-state index in [2.05, 4.69) is 104 Å². The van der Waals surface area contributed by atoms with E-state index in [1.165, 1.54) is 16.7 Å². The lowest BCUT2D eigenvalue weighted by atomic mass is 9.77. The molecule has 0 spiro atoms. The van der Waals surface area contributed by atoms with Gasteiger partial charge in [0, 0.05) is 0 Å². The third-order valence-electron chi connectivity index (χ3n) is 6.91. The number of ether oxygens (including phenoxy) is 1. The van der Waals surface area contributed by atoms with Crippen molar-refractivity contribution >= 4 is 18.1 Å². The van der Waals surface area contributed by atoms with Gasteiger partial charge in [-0.1, -0.05) is 72.2 Å². The second-order valence-electron chi connectivity index (χ2n) is 14.8. The van der Waals surface area contributed by atoms with E-state index in [1.807, 2.05) is 19.9 Å². The molecule has 0 radical (unpaired) electrons. The van der Waals surface area contributed by atoms with E-state index in [0.717, 1.165) is 37.0 Å². The Labute approximate surface area is 249 Å². The molecular weight excluding hydrogens is 529 g/mol. The van der Waals surface area contributed by atoms with Crippen molar-refractivity contribution in [3.63, 3.8) is 0 Å². The van der Waals surface area contributed by atoms with Gasteiger partial charge in [0.25, 0.3) is 0 Å². The smallest absolute Gasteiger partial charge is 0.171 e. The summed E-state index contributed by atoms with van der Waals surface area (Å²) in [5, 5.41) is 9.97. The number of hydrogen-bond donors (Lipinski definition) is 1. The van der Waals surface area contributed by atoms with Crippen molar-refractivity contribution in [1.82, 2.24) is 0 Å². The average Bonchev–Trinajstić information content (AvgIpc) is 2.80. The zero-order chi connectivity index (χ0) is 30.3. The van der Waals surface area contributed by atoms with E-state index in [4.69, 9.17) is 13.6 Å². The highest BCUT2D eigenvalue weighted by molar-refractivity contribution is 6.48. The van der Waals surface area contributed by atoms with Gasteiger partial charge in [0.2, 0.25) is 0 Å². The number of aliphatic hydroxyl groups is 1. The van der Waals surface area contributed by atoms with Crippen LogP contribution in [-0.4, -0.2) is 28.8 Å². The summed E-state index contributed by atoms with van der Waals surface area (Å²) in [5.41, 5.74) is 4.23. The minimum Gasteiger partial charge on any atom is -0.489 e. The van der Waals surface area contributed by atoms with Crippen LogP contribution in [0.25, 0.3) is 0 Å². The maximum Gasteiger partial charge on any atom is 0.171 e. The van der Waals surface area contributed by atoms with E-state index in [-0.39, 0.29) is 23.0 Å². The van der Waals surface area contributed by atoms with Gasteiger partial charge < -0.3 is 18.7 Å². The Morgan fingerprint density at radius 3 is 1.80 bits per heavy atom. The number of aryl methyl sites for hydroxylation is 1. The molecule has 0 amide bonds. The fourth-order valence-electron chi connectivity index (χ4n) is 5.06. The molecule has 6 heteroatoms. The molecule has 1 N–H and O–H groups in total. The monoisotopic (exact) mass is 586 g/mol. The Morgan fingerprint density at radius 2 is 1.27 bits per heavy atom. The Kier molecular flexibility index (Phi) is 12.7. The van der Waals surface area contributed by atoms with Crippen molar-refractivity contribution in [3.05, 3.63) is 64.7 Å². The first-order chi connectivity index (χ1) is 18.4. The predicted octanol–water partition coefficient (Wildman–Crippen LogP) is 8.92. The van der Waals surface area contributed by atoms with Gasteiger partial charge in [-0.25, -0.2) is 0 Å². The molecule has 40 heavy (non-hydrogen) atoms. The molecule has 0 fully saturated rings. The molecule has 2 rings (SSSR count). The number of hydrogen-bond acceptors (Lipinski definition) is 4. The fourth-order valence-corrected chi connectivity index (χ4v) is 7.25. The molecule has 2 unspecified atom stereocenters. The van der Waals surface area contributed by atoms with Crippen LogP contribution in [0.5, 0.6) is 5.75 Å². The van der Waals surface area contributed by atoms with Crippen LogP contribution >= 0.6 is 0 Å². The van der Waals surface area contributed by atoms with Crippen LogP contribution in [0, 0.1) is 10.8 Å². The van der Waals surface area contributed by atoms with Gasteiger partial charge in [0.05, 0.1) is 17.8 Å². The van der Waals surface area contributed by atoms with E-state index in [9.17, 15) is 5.11 Å². The predicted molar refractivity (Wildman–Crippen MR) is 175 cm³/mol. The van der Waals surface area contributed by atoms with Crippen LogP contribution in [0.3, 0.4) is 0 Å². The Bertz CT molecular complexity index is 1050. The van der Waals surface area contributed by atoms with Gasteiger partial charge in [-0.2, -0.15) is 0 Å². The number of benzene rings is 2. The molecule has 0 saturated heterocycles. The fraction of sp³-hybridized carbons (Fsp3) is 0.647. The molecule has 0 bridgehead atoms. The maximum atomic E-state index is 9.97. The van der Waals surface area contributed by atoms with Crippen LogP contribution < -0.4 is 4.74 Å². The normalized spacial score (nSPS) is 14.6. The quantitative estimate of drug-likeness (QED) is 0.177. The van der Waals surface area contributed by atoms with Gasteiger partial charge in [0.15, 0.2) is 18.1 Å². The highest BCUT2D eigenvalue weighted by atomic mass is 28.3.